The van der Waals surface area contributed by atoms with Crippen LogP contribution in [-0.2, 0) is 13.0 Å². The number of hydrogen-bond donors (Lipinski definition) is 2. The number of nitrogens with two attached hydrogens (primary N) is 1. The Balaban J connectivity index is 1.39. The van der Waals surface area contributed by atoms with Gasteiger partial charge in [0.25, 0.3) is 0 Å². The fourth-order valence-electron chi connectivity index (χ4n) is 5.48. The third-order valence-electron chi connectivity index (χ3n) is 7.45. The van der Waals surface area contributed by atoms with Crippen molar-refractivity contribution in [2.45, 2.75) is 26.3 Å². The lowest BCUT2D eigenvalue weighted by molar-refractivity contribution is 0.416. The molecular formula is C30H34N8O. The molecule has 6 rings (SSSR count). The highest BCUT2D eigenvalue weighted by atomic mass is 16.3. The molecule has 0 atom stereocenters. The van der Waals surface area contributed by atoms with Crippen LogP contribution in [0.15, 0.2) is 59.5 Å². The summed E-state index contributed by atoms with van der Waals surface area (Å²) < 4.78 is 8.16. The van der Waals surface area contributed by atoms with Gasteiger partial charge in [-0.3, -0.25) is 0 Å². The summed E-state index contributed by atoms with van der Waals surface area (Å²) in [5.41, 5.74) is 15.5. The van der Waals surface area contributed by atoms with E-state index in [0.29, 0.717) is 17.5 Å². The molecule has 3 aromatic heterocycles. The van der Waals surface area contributed by atoms with Gasteiger partial charge in [-0.2, -0.15) is 0 Å². The van der Waals surface area contributed by atoms with E-state index in [-0.39, 0.29) is 0 Å². The maximum absolute atomic E-state index is 6.49. The highest BCUT2D eigenvalue weighted by Gasteiger charge is 2.27. The summed E-state index contributed by atoms with van der Waals surface area (Å²) >= 11 is 0. The van der Waals surface area contributed by atoms with Crippen molar-refractivity contribution in [3.8, 4) is 22.8 Å². The third kappa shape index (κ3) is 4.59. The van der Waals surface area contributed by atoms with Crippen LogP contribution in [0.3, 0.4) is 0 Å². The van der Waals surface area contributed by atoms with Gasteiger partial charge in [-0.05, 0) is 63.2 Å². The topological polar surface area (TPSA) is 101 Å². The molecule has 9 heteroatoms. The van der Waals surface area contributed by atoms with E-state index in [2.05, 4.69) is 82.0 Å². The second kappa shape index (κ2) is 10.1. The van der Waals surface area contributed by atoms with Crippen LogP contribution in [0.5, 0.6) is 0 Å². The van der Waals surface area contributed by atoms with E-state index in [0.717, 1.165) is 71.8 Å². The van der Waals surface area contributed by atoms with Crippen LogP contribution in [0.2, 0.25) is 0 Å². The zero-order valence-electron chi connectivity index (χ0n) is 22.9. The maximum Gasteiger partial charge on any atom is 0.243 e. The smallest absolute Gasteiger partial charge is 0.243 e. The van der Waals surface area contributed by atoms with Crippen LogP contribution >= 0.6 is 0 Å². The van der Waals surface area contributed by atoms with Crippen molar-refractivity contribution in [3.63, 3.8) is 0 Å². The summed E-state index contributed by atoms with van der Waals surface area (Å²) in [6.07, 6.45) is 7.23. The predicted molar refractivity (Wildman–Crippen MR) is 157 cm³/mol. The molecule has 0 saturated carbocycles. The van der Waals surface area contributed by atoms with E-state index in [4.69, 9.17) is 15.1 Å². The van der Waals surface area contributed by atoms with Gasteiger partial charge in [0.1, 0.15) is 12.0 Å². The fourth-order valence-corrected chi connectivity index (χ4v) is 5.48. The van der Waals surface area contributed by atoms with E-state index in [1.165, 1.54) is 11.1 Å². The lowest BCUT2D eigenvalue weighted by atomic mass is 10.0. The van der Waals surface area contributed by atoms with Crippen molar-refractivity contribution in [1.82, 2.24) is 24.4 Å². The highest BCUT2D eigenvalue weighted by Crippen LogP contribution is 2.43. The molecule has 4 heterocycles. The van der Waals surface area contributed by atoms with Crippen LogP contribution in [0, 0.1) is 6.92 Å². The molecule has 0 unspecified atom stereocenters. The third-order valence-corrected chi connectivity index (χ3v) is 7.45. The number of rotatable bonds is 8. The maximum atomic E-state index is 6.49. The standard InChI is InChI=1S/C30H34N8O/c1-19-17-25(37(4)15-14-36(2)3)22(31)18-24(19)35-30-33-11-10-23(34-30)26-21-9-5-7-20-8-6-13-38(27(20)21)28(26)29-32-12-16-39-29/h5,7,9-12,16-18H,6,8,13-15,31H2,1-4H3,(H,33,34,35). The van der Waals surface area contributed by atoms with Crippen molar-refractivity contribution in [1.29, 1.82) is 0 Å². The normalized spacial score (nSPS) is 12.8. The molecule has 1 aliphatic rings. The van der Waals surface area contributed by atoms with Crippen molar-refractivity contribution in [3.05, 3.63) is 66.2 Å². The van der Waals surface area contributed by atoms with Crippen LogP contribution in [0.25, 0.3) is 33.7 Å². The molecule has 2 aromatic carbocycles. The average Bonchev–Trinajstić information content (AvgIpc) is 3.57. The summed E-state index contributed by atoms with van der Waals surface area (Å²) in [6.45, 7) is 4.81. The minimum Gasteiger partial charge on any atom is -0.443 e. The number of benzene rings is 2. The molecular weight excluding hydrogens is 488 g/mol. The summed E-state index contributed by atoms with van der Waals surface area (Å²) in [5.74, 6) is 1.11. The lowest BCUT2D eigenvalue weighted by Crippen LogP contribution is -2.29. The molecule has 0 aliphatic carbocycles. The Labute approximate surface area is 228 Å². The number of oxazole rings is 1. The van der Waals surface area contributed by atoms with Gasteiger partial charge >= 0.3 is 0 Å². The Morgan fingerprint density at radius 1 is 1.08 bits per heavy atom. The molecule has 9 nitrogen and oxygen atoms in total. The first-order valence-electron chi connectivity index (χ1n) is 13.3. The van der Waals surface area contributed by atoms with E-state index in [1.807, 2.05) is 12.1 Å². The van der Waals surface area contributed by atoms with Gasteiger partial charge < -0.3 is 29.8 Å². The molecule has 200 valence electrons. The van der Waals surface area contributed by atoms with E-state index in [9.17, 15) is 0 Å². The molecule has 0 saturated heterocycles. The van der Waals surface area contributed by atoms with Crippen molar-refractivity contribution >= 4 is 33.9 Å². The Morgan fingerprint density at radius 2 is 1.95 bits per heavy atom. The molecule has 1 aliphatic heterocycles. The quantitative estimate of drug-likeness (QED) is 0.264. The Hall–Kier alpha value is -4.37. The Kier molecular flexibility index (Phi) is 6.44. The van der Waals surface area contributed by atoms with Gasteiger partial charge in [0.15, 0.2) is 0 Å². The first kappa shape index (κ1) is 24.9. The largest absolute Gasteiger partial charge is 0.443 e. The zero-order valence-corrected chi connectivity index (χ0v) is 22.9. The van der Waals surface area contributed by atoms with Crippen LogP contribution in [0.1, 0.15) is 17.5 Å². The summed E-state index contributed by atoms with van der Waals surface area (Å²) in [7, 11) is 6.21. The van der Waals surface area contributed by atoms with E-state index >= 15 is 0 Å². The highest BCUT2D eigenvalue weighted by molar-refractivity contribution is 6.04. The molecule has 39 heavy (non-hydrogen) atoms. The Morgan fingerprint density at radius 3 is 2.74 bits per heavy atom. The van der Waals surface area contributed by atoms with Gasteiger partial charge in [0.05, 0.1) is 28.8 Å². The lowest BCUT2D eigenvalue weighted by Gasteiger charge is -2.24. The van der Waals surface area contributed by atoms with E-state index in [1.54, 1.807) is 18.7 Å². The molecule has 3 N–H and O–H groups in total. The van der Waals surface area contributed by atoms with Crippen molar-refractivity contribution in [2.75, 3.05) is 50.2 Å². The number of hydrogen-bond acceptors (Lipinski definition) is 8. The molecule has 0 spiro atoms. The molecule has 0 bridgehead atoms. The summed E-state index contributed by atoms with van der Waals surface area (Å²) in [4.78, 5) is 18.4. The van der Waals surface area contributed by atoms with Crippen LogP contribution in [-0.4, -0.2) is 58.7 Å². The predicted octanol–water partition coefficient (Wildman–Crippen LogP) is 5.33. The van der Waals surface area contributed by atoms with Crippen LogP contribution in [0.4, 0.5) is 23.0 Å². The van der Waals surface area contributed by atoms with E-state index < -0.39 is 0 Å². The first-order chi connectivity index (χ1) is 18.9. The minimum atomic E-state index is 0.508. The van der Waals surface area contributed by atoms with Gasteiger partial charge in [0.2, 0.25) is 11.8 Å². The van der Waals surface area contributed by atoms with Gasteiger partial charge in [-0.1, -0.05) is 18.2 Å². The monoisotopic (exact) mass is 522 g/mol. The van der Waals surface area contributed by atoms with Crippen LogP contribution < -0.4 is 16.0 Å². The minimum absolute atomic E-state index is 0.508. The number of aromatic nitrogens is 4. The summed E-state index contributed by atoms with van der Waals surface area (Å²) in [5, 5.41) is 4.56. The number of nitrogens with zero attached hydrogens (tertiary/aromatic N) is 6. The van der Waals surface area contributed by atoms with Gasteiger partial charge in [-0.25, -0.2) is 15.0 Å². The zero-order chi connectivity index (χ0) is 27.1. The number of nitrogen functional groups attached to an aromatic ring is 1. The Bertz CT molecular complexity index is 1640. The number of likely N-dealkylation sites (N-methyl/N-ethyl adjacent to an activating group) is 2. The molecule has 0 amide bonds. The second-order valence-corrected chi connectivity index (χ2v) is 10.5. The first-order valence-corrected chi connectivity index (χ1v) is 13.3. The molecule has 0 fully saturated rings. The van der Waals surface area contributed by atoms with Crippen molar-refractivity contribution < 1.29 is 4.42 Å². The summed E-state index contributed by atoms with van der Waals surface area (Å²) in [6, 6.07) is 12.5. The number of anilines is 4. The van der Waals surface area contributed by atoms with Gasteiger partial charge in [0, 0.05) is 49.5 Å². The fraction of sp³-hybridized carbons (Fsp3) is 0.300. The number of para-hydroxylation sites is 1. The number of nitrogens with one attached hydrogen (secondary N) is 1. The second-order valence-electron chi connectivity index (χ2n) is 10.5. The van der Waals surface area contributed by atoms with Gasteiger partial charge in [-0.15, -0.1) is 0 Å². The number of aryl methyl sites for hydroxylation is 3. The molecule has 5 aromatic rings. The SMILES string of the molecule is Cc1cc(N(C)CCN(C)C)c(N)cc1Nc1nccc(-c2c(-c3ncco3)n3c4c(cccc24)CCC3)n1. The molecule has 0 radical (unpaired) electrons. The van der Waals surface area contributed by atoms with Crippen molar-refractivity contribution in [2.24, 2.45) is 0 Å². The average molecular weight is 523 g/mol.